The molecular weight excluding hydrogens is 354 g/mol. The number of benzene rings is 2. The minimum atomic E-state index is -1.02. The van der Waals surface area contributed by atoms with Crippen molar-refractivity contribution in [2.45, 2.75) is 12.2 Å². The van der Waals surface area contributed by atoms with Crippen molar-refractivity contribution in [1.82, 2.24) is 0 Å². The predicted octanol–water partition coefficient (Wildman–Crippen LogP) is 2.46. The van der Waals surface area contributed by atoms with Gasteiger partial charge in [-0.1, -0.05) is 24.3 Å². The Labute approximate surface area is 154 Å². The standard InChI is InChI=1S/C19H21NO5S/c1-25-9-10-26(24)13-15-3-2-4-17(11-15)20-18(21)12-14-5-7-16(8-6-14)19(22)23/h2-8,11H,9-10,12-13H2,1H3,(H,20,21)(H,22,23). The molecule has 0 aliphatic carbocycles. The van der Waals surface area contributed by atoms with Crippen molar-refractivity contribution in [2.24, 2.45) is 0 Å². The summed E-state index contributed by atoms with van der Waals surface area (Å²) in [6, 6.07) is 13.4. The first-order valence-corrected chi connectivity index (χ1v) is 9.51. The Morgan fingerprint density at radius 2 is 1.85 bits per heavy atom. The molecule has 0 heterocycles. The second kappa shape index (κ2) is 9.84. The molecule has 2 aromatic carbocycles. The summed E-state index contributed by atoms with van der Waals surface area (Å²) in [4.78, 5) is 23.0. The Hall–Kier alpha value is -2.51. The Bertz CT molecular complexity index is 789. The summed E-state index contributed by atoms with van der Waals surface area (Å²) in [5.41, 5.74) is 2.43. The lowest BCUT2D eigenvalue weighted by molar-refractivity contribution is -0.115. The van der Waals surface area contributed by atoms with Gasteiger partial charge in [-0.25, -0.2) is 4.79 Å². The van der Waals surface area contributed by atoms with Gasteiger partial charge in [-0.15, -0.1) is 0 Å². The molecule has 0 aromatic heterocycles. The van der Waals surface area contributed by atoms with E-state index in [1.165, 1.54) is 12.1 Å². The van der Waals surface area contributed by atoms with E-state index in [1.807, 2.05) is 6.07 Å². The van der Waals surface area contributed by atoms with E-state index in [0.717, 1.165) is 11.1 Å². The number of rotatable bonds is 9. The lowest BCUT2D eigenvalue weighted by Crippen LogP contribution is -2.14. The van der Waals surface area contributed by atoms with E-state index in [1.54, 1.807) is 37.4 Å². The first-order valence-electron chi connectivity index (χ1n) is 8.03. The largest absolute Gasteiger partial charge is 0.478 e. The monoisotopic (exact) mass is 375 g/mol. The fourth-order valence-corrected chi connectivity index (χ4v) is 3.38. The molecule has 2 N–H and O–H groups in total. The van der Waals surface area contributed by atoms with E-state index in [0.29, 0.717) is 23.8 Å². The number of anilines is 1. The van der Waals surface area contributed by atoms with Gasteiger partial charge in [-0.2, -0.15) is 0 Å². The number of carboxylic acids is 1. The predicted molar refractivity (Wildman–Crippen MR) is 101 cm³/mol. The van der Waals surface area contributed by atoms with Gasteiger partial charge < -0.3 is 15.2 Å². The molecule has 26 heavy (non-hydrogen) atoms. The summed E-state index contributed by atoms with van der Waals surface area (Å²) in [7, 11) is 0.557. The van der Waals surface area contributed by atoms with Crippen molar-refractivity contribution in [3.63, 3.8) is 0 Å². The van der Waals surface area contributed by atoms with Gasteiger partial charge in [0.1, 0.15) is 0 Å². The Kier molecular flexibility index (Phi) is 7.50. The van der Waals surface area contributed by atoms with E-state index in [-0.39, 0.29) is 17.9 Å². The van der Waals surface area contributed by atoms with E-state index in [2.05, 4.69) is 5.32 Å². The highest BCUT2D eigenvalue weighted by molar-refractivity contribution is 7.84. The van der Waals surface area contributed by atoms with Crippen LogP contribution in [-0.2, 0) is 32.5 Å². The Morgan fingerprint density at radius 3 is 2.50 bits per heavy atom. The van der Waals surface area contributed by atoms with E-state index in [9.17, 15) is 13.8 Å². The molecule has 0 bridgehead atoms. The van der Waals surface area contributed by atoms with Crippen LogP contribution < -0.4 is 5.32 Å². The van der Waals surface area contributed by atoms with Crippen LogP contribution >= 0.6 is 0 Å². The van der Waals surface area contributed by atoms with Crippen LogP contribution in [0.25, 0.3) is 0 Å². The maximum Gasteiger partial charge on any atom is 0.335 e. The third-order valence-corrected chi connectivity index (χ3v) is 4.90. The van der Waals surface area contributed by atoms with Crippen molar-refractivity contribution >= 4 is 28.4 Å². The normalized spacial score (nSPS) is 11.7. The molecule has 138 valence electrons. The number of methoxy groups -OCH3 is 1. The van der Waals surface area contributed by atoms with Crippen molar-refractivity contribution in [2.75, 3.05) is 24.8 Å². The molecule has 7 heteroatoms. The van der Waals surface area contributed by atoms with Gasteiger partial charge in [0.05, 0.1) is 18.6 Å². The number of nitrogens with one attached hydrogen (secondary N) is 1. The minimum absolute atomic E-state index is 0.143. The molecule has 0 saturated heterocycles. The van der Waals surface area contributed by atoms with Crippen LogP contribution in [0.3, 0.4) is 0 Å². The Morgan fingerprint density at radius 1 is 1.12 bits per heavy atom. The maximum absolute atomic E-state index is 12.2. The average Bonchev–Trinajstić information content (AvgIpc) is 2.60. The Balaban J connectivity index is 1.93. The summed E-state index contributed by atoms with van der Waals surface area (Å²) in [6.07, 6.45) is 0.143. The van der Waals surface area contributed by atoms with Gasteiger partial charge in [-0.3, -0.25) is 9.00 Å². The van der Waals surface area contributed by atoms with Crippen molar-refractivity contribution in [3.05, 3.63) is 65.2 Å². The van der Waals surface area contributed by atoms with Gasteiger partial charge in [0, 0.05) is 35.1 Å². The number of carboxylic acid groups (broad SMARTS) is 1. The topological polar surface area (TPSA) is 92.7 Å². The SMILES string of the molecule is COCCS(=O)Cc1cccc(NC(=O)Cc2ccc(C(=O)O)cc2)c1. The molecule has 1 atom stereocenters. The van der Waals surface area contributed by atoms with Crippen molar-refractivity contribution in [3.8, 4) is 0 Å². The van der Waals surface area contributed by atoms with Crippen molar-refractivity contribution in [1.29, 1.82) is 0 Å². The summed E-state index contributed by atoms with van der Waals surface area (Å²) in [5.74, 6) is -0.324. The van der Waals surface area contributed by atoms with Crippen molar-refractivity contribution < 1.29 is 23.6 Å². The molecule has 0 fully saturated rings. The van der Waals surface area contributed by atoms with Crippen LogP contribution in [0.5, 0.6) is 0 Å². The van der Waals surface area contributed by atoms with Crippen LogP contribution in [0.2, 0.25) is 0 Å². The molecule has 2 aromatic rings. The van der Waals surface area contributed by atoms with E-state index < -0.39 is 16.8 Å². The molecule has 0 spiro atoms. The summed E-state index contributed by atoms with van der Waals surface area (Å²) in [5, 5.41) is 11.7. The fourth-order valence-electron chi connectivity index (χ4n) is 2.33. The zero-order chi connectivity index (χ0) is 18.9. The number of aromatic carboxylic acids is 1. The van der Waals surface area contributed by atoms with Crippen LogP contribution in [0.1, 0.15) is 21.5 Å². The number of carbonyl (C=O) groups is 2. The zero-order valence-corrected chi connectivity index (χ0v) is 15.3. The summed E-state index contributed by atoms with van der Waals surface area (Å²) in [6.45, 7) is 0.448. The smallest absolute Gasteiger partial charge is 0.335 e. The van der Waals surface area contributed by atoms with E-state index in [4.69, 9.17) is 9.84 Å². The van der Waals surface area contributed by atoms with Crippen LogP contribution in [0, 0.1) is 0 Å². The van der Waals surface area contributed by atoms with Gasteiger partial charge in [0.15, 0.2) is 0 Å². The number of ether oxygens (including phenoxy) is 1. The molecule has 0 saturated carbocycles. The quantitative estimate of drug-likeness (QED) is 0.702. The number of hydrogen-bond acceptors (Lipinski definition) is 4. The number of amides is 1. The number of hydrogen-bond donors (Lipinski definition) is 2. The second-order valence-electron chi connectivity index (χ2n) is 5.71. The molecule has 6 nitrogen and oxygen atoms in total. The lowest BCUT2D eigenvalue weighted by atomic mass is 10.1. The lowest BCUT2D eigenvalue weighted by Gasteiger charge is -2.08. The highest BCUT2D eigenvalue weighted by Crippen LogP contribution is 2.14. The van der Waals surface area contributed by atoms with Gasteiger partial charge in [0.2, 0.25) is 5.91 Å². The highest BCUT2D eigenvalue weighted by Gasteiger charge is 2.08. The van der Waals surface area contributed by atoms with Gasteiger partial charge >= 0.3 is 5.97 Å². The summed E-state index contributed by atoms with van der Waals surface area (Å²) >= 11 is 0. The third-order valence-electron chi connectivity index (χ3n) is 3.62. The minimum Gasteiger partial charge on any atom is -0.478 e. The molecule has 0 aliphatic rings. The highest BCUT2D eigenvalue weighted by atomic mass is 32.2. The van der Waals surface area contributed by atoms with Crippen LogP contribution in [0.4, 0.5) is 5.69 Å². The molecule has 0 radical (unpaired) electrons. The number of carbonyl (C=O) groups excluding carboxylic acids is 1. The van der Waals surface area contributed by atoms with Crippen LogP contribution in [-0.4, -0.2) is 40.7 Å². The summed E-state index contributed by atoms with van der Waals surface area (Å²) < 4.78 is 16.8. The third kappa shape index (κ3) is 6.42. The molecule has 1 unspecified atom stereocenters. The van der Waals surface area contributed by atoms with Gasteiger partial charge in [0.25, 0.3) is 0 Å². The second-order valence-corrected chi connectivity index (χ2v) is 7.29. The average molecular weight is 375 g/mol. The first kappa shape index (κ1) is 19.8. The molecule has 0 aliphatic heterocycles. The molecule has 1 amide bonds. The maximum atomic E-state index is 12.2. The molecule has 2 rings (SSSR count). The van der Waals surface area contributed by atoms with E-state index >= 15 is 0 Å². The van der Waals surface area contributed by atoms with Gasteiger partial charge in [-0.05, 0) is 35.4 Å². The van der Waals surface area contributed by atoms with Crippen LogP contribution in [0.15, 0.2) is 48.5 Å². The fraction of sp³-hybridized carbons (Fsp3) is 0.263. The molecular formula is C19H21NO5S. The first-order chi connectivity index (χ1) is 12.5. The zero-order valence-electron chi connectivity index (χ0n) is 14.4.